The first-order valence-corrected chi connectivity index (χ1v) is 10.3. The van der Waals surface area contributed by atoms with Crippen LogP contribution in [0.15, 0.2) is 0 Å². The minimum Gasteiger partial charge on any atom is -0.422 e. The molecular weight excluding hydrogens is 412 g/mol. The third-order valence-corrected chi connectivity index (χ3v) is 6.07. The average molecular weight is 432 g/mol. The molecule has 31 heavy (non-hydrogen) atoms. The van der Waals surface area contributed by atoms with Crippen molar-refractivity contribution < 1.29 is 47.9 Å². The van der Waals surface area contributed by atoms with E-state index in [2.05, 4.69) is 0 Å². The van der Waals surface area contributed by atoms with Crippen LogP contribution in [0.1, 0.15) is 29.5 Å². The smallest absolute Gasteiger partial charge is 0.345 e. The second-order valence-electron chi connectivity index (χ2n) is 8.62. The van der Waals surface area contributed by atoms with Gasteiger partial charge < -0.3 is 33.5 Å². The van der Waals surface area contributed by atoms with Crippen LogP contribution in [0.2, 0.25) is 0 Å². The Labute approximate surface area is 176 Å². The van der Waals surface area contributed by atoms with Crippen LogP contribution in [-0.4, -0.2) is 66.7 Å². The number of carbonyl (C=O) groups excluding carboxylic acids is 3. The fourth-order valence-electron chi connectivity index (χ4n) is 4.23. The highest BCUT2D eigenvalue weighted by atomic mass is 16.6. The lowest BCUT2D eigenvalue weighted by molar-refractivity contribution is -0.170. The molecular formula is C21H20O10. The lowest BCUT2D eigenvalue weighted by Gasteiger charge is -2.32. The molecule has 1 aromatic rings. The molecule has 10 heteroatoms. The van der Waals surface area contributed by atoms with Gasteiger partial charge in [-0.25, -0.2) is 4.79 Å². The van der Waals surface area contributed by atoms with Crippen LogP contribution in [0.25, 0.3) is 0 Å². The Morgan fingerprint density at radius 3 is 1.52 bits per heavy atom. The van der Waals surface area contributed by atoms with E-state index in [4.69, 9.17) is 28.4 Å². The zero-order valence-electron chi connectivity index (χ0n) is 16.5. The summed E-state index contributed by atoms with van der Waals surface area (Å²) in [6, 6.07) is 0. The second kappa shape index (κ2) is 6.73. The molecule has 0 aromatic heterocycles. The maximum Gasteiger partial charge on any atom is 0.345 e. The summed E-state index contributed by atoms with van der Waals surface area (Å²) in [5, 5.41) is 10.6. The van der Waals surface area contributed by atoms with Crippen molar-refractivity contribution in [3.63, 3.8) is 0 Å². The molecule has 0 spiro atoms. The highest BCUT2D eigenvalue weighted by molar-refractivity contribution is 5.96. The van der Waals surface area contributed by atoms with E-state index in [1.807, 2.05) is 0 Å². The van der Waals surface area contributed by atoms with Crippen molar-refractivity contribution in [2.75, 3.05) is 19.8 Å². The molecule has 1 N–H and O–H groups in total. The third kappa shape index (κ3) is 3.59. The van der Waals surface area contributed by atoms with Gasteiger partial charge in [0.25, 0.3) is 0 Å². The Bertz CT molecular complexity index is 943. The molecule has 3 saturated heterocycles. The summed E-state index contributed by atoms with van der Waals surface area (Å²) in [5.74, 6) is -2.81. The van der Waals surface area contributed by atoms with Crippen molar-refractivity contribution >= 4 is 17.9 Å². The molecule has 164 valence electrons. The zero-order valence-corrected chi connectivity index (χ0v) is 16.5. The van der Waals surface area contributed by atoms with E-state index in [-0.39, 0.29) is 35.6 Å². The van der Waals surface area contributed by atoms with Crippen molar-refractivity contribution in [3.05, 3.63) is 16.7 Å². The summed E-state index contributed by atoms with van der Waals surface area (Å²) in [7, 11) is 0. The Morgan fingerprint density at radius 1 is 0.677 bits per heavy atom. The first kappa shape index (κ1) is 19.2. The molecule has 0 amide bonds. The van der Waals surface area contributed by atoms with E-state index in [1.54, 1.807) is 0 Å². The highest BCUT2D eigenvalue weighted by Crippen LogP contribution is 2.51. The largest absolute Gasteiger partial charge is 0.422 e. The van der Waals surface area contributed by atoms with Gasteiger partial charge in [-0.2, -0.15) is 0 Å². The van der Waals surface area contributed by atoms with Gasteiger partial charge in [-0.05, 0) is 5.56 Å². The van der Waals surface area contributed by atoms with Gasteiger partial charge in [0.1, 0.15) is 0 Å². The number of epoxide rings is 3. The van der Waals surface area contributed by atoms with Gasteiger partial charge in [-0.15, -0.1) is 0 Å². The molecule has 0 aliphatic carbocycles. The second-order valence-corrected chi connectivity index (χ2v) is 8.62. The topological polar surface area (TPSA) is 137 Å². The number of rotatable bonds is 6. The lowest BCUT2D eigenvalue weighted by atomic mass is 9.88. The van der Waals surface area contributed by atoms with E-state index in [1.165, 1.54) is 0 Å². The van der Waals surface area contributed by atoms with Crippen LogP contribution in [0.4, 0.5) is 0 Å². The van der Waals surface area contributed by atoms with Gasteiger partial charge in [-0.3, -0.25) is 9.59 Å². The van der Waals surface area contributed by atoms with Gasteiger partial charge in [0.2, 0.25) is 5.75 Å². The molecule has 0 saturated carbocycles. The molecule has 1 aromatic carbocycles. The predicted octanol–water partition coefficient (Wildman–Crippen LogP) is -0.235. The lowest BCUT2D eigenvalue weighted by Crippen LogP contribution is -2.49. The number of hydrogen-bond acceptors (Lipinski definition) is 10. The molecule has 3 atom stereocenters. The maximum absolute atomic E-state index is 12.8. The van der Waals surface area contributed by atoms with Crippen LogP contribution in [0.5, 0.6) is 17.2 Å². The maximum atomic E-state index is 12.8. The van der Waals surface area contributed by atoms with E-state index in [0.717, 1.165) is 5.56 Å². The summed E-state index contributed by atoms with van der Waals surface area (Å²) in [4.78, 5) is 38.0. The molecule has 5 heterocycles. The van der Waals surface area contributed by atoms with Crippen LogP contribution in [0.3, 0.4) is 0 Å². The first-order chi connectivity index (χ1) is 14.9. The van der Waals surface area contributed by atoms with Crippen LogP contribution < -0.4 is 14.2 Å². The SMILES string of the molecule is O=C1CC2(O)CC(=O)Oc3c(CC4CO4)c(CC4CO4)c(CC4CO4)c(c3OC2=O)O1. The Morgan fingerprint density at radius 2 is 1.10 bits per heavy atom. The predicted molar refractivity (Wildman–Crippen MR) is 97.9 cm³/mol. The van der Waals surface area contributed by atoms with Crippen molar-refractivity contribution in [2.24, 2.45) is 0 Å². The van der Waals surface area contributed by atoms with Crippen molar-refractivity contribution in [2.45, 2.75) is 56.0 Å². The van der Waals surface area contributed by atoms with Crippen molar-refractivity contribution in [1.29, 1.82) is 0 Å². The summed E-state index contributed by atoms with van der Waals surface area (Å²) in [5.41, 5.74) is -0.189. The minimum atomic E-state index is -2.34. The first-order valence-electron chi connectivity index (χ1n) is 10.3. The minimum absolute atomic E-state index is 0.00384. The van der Waals surface area contributed by atoms with Gasteiger partial charge in [0, 0.05) is 30.4 Å². The Kier molecular flexibility index (Phi) is 4.16. The molecule has 2 bridgehead atoms. The van der Waals surface area contributed by atoms with Gasteiger partial charge in [0.05, 0.1) is 51.0 Å². The summed E-state index contributed by atoms with van der Waals surface area (Å²) in [6.07, 6.45) is -0.126. The number of esters is 3. The van der Waals surface area contributed by atoms with Gasteiger partial charge >= 0.3 is 17.9 Å². The normalized spacial score (nSPS) is 32.8. The molecule has 5 aliphatic heterocycles. The van der Waals surface area contributed by atoms with E-state index in [9.17, 15) is 19.5 Å². The van der Waals surface area contributed by atoms with Crippen LogP contribution in [-0.2, 0) is 47.9 Å². The number of hydrogen-bond donors (Lipinski definition) is 1. The highest BCUT2D eigenvalue weighted by Gasteiger charge is 2.49. The Balaban J connectivity index is 1.60. The number of benzene rings is 1. The summed E-state index contributed by atoms with van der Waals surface area (Å²) >= 11 is 0. The number of carbonyl (C=O) groups is 3. The molecule has 3 fully saturated rings. The summed E-state index contributed by atoms with van der Waals surface area (Å²) in [6.45, 7) is 1.74. The number of aliphatic hydroxyl groups is 1. The molecule has 3 unspecified atom stereocenters. The van der Waals surface area contributed by atoms with E-state index < -0.39 is 36.4 Å². The number of ether oxygens (including phenoxy) is 6. The summed E-state index contributed by atoms with van der Waals surface area (Å²) < 4.78 is 33.0. The number of fused-ring (bicyclic) bond motifs is 2. The monoisotopic (exact) mass is 432 g/mol. The van der Waals surface area contributed by atoms with Gasteiger partial charge in [0.15, 0.2) is 17.1 Å². The standard InChI is InChI=1S/C21H20O10/c22-15-4-21(25)5-16(23)30-18-14(3-11-8-28-11)12(1-9-6-26-9)13(2-10-7-27-10)17(29-15)19(18)31-20(21)24/h9-11,25H,1-8H2. The Hall–Kier alpha value is -2.53. The van der Waals surface area contributed by atoms with Crippen molar-refractivity contribution in [3.8, 4) is 17.2 Å². The quantitative estimate of drug-likeness (QED) is 0.364. The van der Waals surface area contributed by atoms with Crippen LogP contribution in [0, 0.1) is 0 Å². The average Bonchev–Trinajstić information content (AvgIpc) is 3.54. The molecule has 6 rings (SSSR count). The van der Waals surface area contributed by atoms with Gasteiger partial charge in [-0.1, -0.05) is 0 Å². The molecule has 0 radical (unpaired) electrons. The zero-order chi connectivity index (χ0) is 21.3. The molecule has 10 nitrogen and oxygen atoms in total. The van der Waals surface area contributed by atoms with Crippen LogP contribution >= 0.6 is 0 Å². The van der Waals surface area contributed by atoms with E-state index in [0.29, 0.717) is 50.2 Å². The van der Waals surface area contributed by atoms with E-state index >= 15 is 0 Å². The molecule has 5 aliphatic rings. The fraction of sp³-hybridized carbons (Fsp3) is 0.571. The third-order valence-electron chi connectivity index (χ3n) is 6.07. The van der Waals surface area contributed by atoms with Crippen molar-refractivity contribution in [1.82, 2.24) is 0 Å². The fourth-order valence-corrected chi connectivity index (χ4v) is 4.23.